The zero-order chi connectivity index (χ0) is 14.5. The number of nitrogens with one attached hydrogen (secondary N) is 1. The number of aryl methyl sites for hydroxylation is 1. The second kappa shape index (κ2) is 6.01. The number of nitrogens with zero attached hydrogens (tertiary/aromatic N) is 2. The van der Waals surface area contributed by atoms with Gasteiger partial charge in [0.2, 0.25) is 0 Å². The van der Waals surface area contributed by atoms with Crippen LogP contribution in [-0.4, -0.2) is 28.2 Å². The van der Waals surface area contributed by atoms with E-state index in [9.17, 15) is 9.90 Å². The highest BCUT2D eigenvalue weighted by Crippen LogP contribution is 2.17. The van der Waals surface area contributed by atoms with E-state index >= 15 is 0 Å². The van der Waals surface area contributed by atoms with Crippen LogP contribution in [0.1, 0.15) is 21.6 Å². The summed E-state index contributed by atoms with van der Waals surface area (Å²) >= 11 is 0. The van der Waals surface area contributed by atoms with Gasteiger partial charge in [-0.3, -0.25) is 0 Å². The number of ether oxygens (including phenoxy) is 1. The summed E-state index contributed by atoms with van der Waals surface area (Å²) in [6, 6.07) is 7.50. The first-order chi connectivity index (χ1) is 9.61. The average Bonchev–Trinajstić information content (AvgIpc) is 2.45. The predicted octanol–water partition coefficient (Wildman–Crippen LogP) is 2.10. The van der Waals surface area contributed by atoms with Crippen LogP contribution in [0.15, 0.2) is 30.6 Å². The first-order valence-electron chi connectivity index (χ1n) is 6.03. The number of carboxylic acids is 1. The van der Waals surface area contributed by atoms with Crippen LogP contribution in [0.25, 0.3) is 0 Å². The van der Waals surface area contributed by atoms with E-state index in [1.807, 2.05) is 24.3 Å². The topological polar surface area (TPSA) is 84.3 Å². The van der Waals surface area contributed by atoms with Crippen LogP contribution in [0, 0.1) is 6.92 Å². The normalized spacial score (nSPS) is 10.1. The van der Waals surface area contributed by atoms with Crippen LogP contribution < -0.4 is 10.1 Å². The summed E-state index contributed by atoms with van der Waals surface area (Å²) < 4.78 is 5.08. The largest absolute Gasteiger partial charge is 0.497 e. The molecule has 0 spiro atoms. The Balaban J connectivity index is 2.14. The molecule has 2 rings (SSSR count). The first kappa shape index (κ1) is 13.8. The highest BCUT2D eigenvalue weighted by molar-refractivity contribution is 5.94. The molecule has 0 aliphatic heterocycles. The van der Waals surface area contributed by atoms with Crippen molar-refractivity contribution in [3.05, 3.63) is 47.4 Å². The third-order valence-electron chi connectivity index (χ3n) is 2.87. The van der Waals surface area contributed by atoms with E-state index in [1.54, 1.807) is 14.0 Å². The predicted molar refractivity (Wildman–Crippen MR) is 74.0 cm³/mol. The molecule has 20 heavy (non-hydrogen) atoms. The average molecular weight is 273 g/mol. The van der Waals surface area contributed by atoms with Crippen LogP contribution >= 0.6 is 0 Å². The van der Waals surface area contributed by atoms with Gasteiger partial charge in [-0.1, -0.05) is 12.1 Å². The molecule has 2 aromatic rings. The van der Waals surface area contributed by atoms with E-state index in [0.717, 1.165) is 11.3 Å². The number of aromatic nitrogens is 2. The Hall–Kier alpha value is -2.63. The Morgan fingerprint density at radius 2 is 2.00 bits per heavy atom. The molecule has 6 nitrogen and oxygen atoms in total. The lowest BCUT2D eigenvalue weighted by molar-refractivity contribution is 0.0696. The van der Waals surface area contributed by atoms with Crippen LogP contribution in [0.2, 0.25) is 0 Å². The van der Waals surface area contributed by atoms with Gasteiger partial charge >= 0.3 is 5.97 Å². The van der Waals surface area contributed by atoms with Crippen molar-refractivity contribution >= 4 is 11.8 Å². The van der Waals surface area contributed by atoms with E-state index in [4.69, 9.17) is 4.74 Å². The first-order valence-corrected chi connectivity index (χ1v) is 6.03. The molecule has 0 bridgehead atoms. The van der Waals surface area contributed by atoms with Crippen molar-refractivity contribution in [2.75, 3.05) is 12.4 Å². The molecule has 0 fully saturated rings. The molecule has 0 saturated carbocycles. The Bertz CT molecular complexity index is 612. The maximum Gasteiger partial charge on any atom is 0.341 e. The summed E-state index contributed by atoms with van der Waals surface area (Å²) in [6.07, 6.45) is 1.35. The molecule has 6 heteroatoms. The van der Waals surface area contributed by atoms with E-state index < -0.39 is 5.97 Å². The zero-order valence-corrected chi connectivity index (χ0v) is 11.3. The Labute approximate surface area is 116 Å². The van der Waals surface area contributed by atoms with Gasteiger partial charge in [0.15, 0.2) is 0 Å². The number of carboxylic acid groups (broad SMARTS) is 1. The molecule has 0 unspecified atom stereocenters. The fourth-order valence-corrected chi connectivity index (χ4v) is 1.79. The minimum atomic E-state index is -1.04. The highest BCUT2D eigenvalue weighted by atomic mass is 16.5. The van der Waals surface area contributed by atoms with Gasteiger partial charge in [0, 0.05) is 6.54 Å². The SMILES string of the molecule is COc1ccc(CNc2ncnc(C)c2C(=O)O)cc1. The van der Waals surface area contributed by atoms with Gasteiger partial charge in [-0.2, -0.15) is 0 Å². The Morgan fingerprint density at radius 3 is 2.60 bits per heavy atom. The number of benzene rings is 1. The van der Waals surface area contributed by atoms with Crippen LogP contribution in [0.4, 0.5) is 5.82 Å². The molecule has 1 aromatic carbocycles. The lowest BCUT2D eigenvalue weighted by atomic mass is 10.2. The van der Waals surface area contributed by atoms with Crippen molar-refractivity contribution in [1.29, 1.82) is 0 Å². The summed E-state index contributed by atoms with van der Waals surface area (Å²) in [4.78, 5) is 19.1. The molecule has 0 aliphatic carbocycles. The number of hydrogen-bond acceptors (Lipinski definition) is 5. The lowest BCUT2D eigenvalue weighted by Gasteiger charge is -2.10. The van der Waals surface area contributed by atoms with Crippen molar-refractivity contribution in [2.24, 2.45) is 0 Å². The maximum atomic E-state index is 11.2. The van der Waals surface area contributed by atoms with Gasteiger partial charge in [-0.15, -0.1) is 0 Å². The van der Waals surface area contributed by atoms with E-state index in [-0.39, 0.29) is 5.56 Å². The lowest BCUT2D eigenvalue weighted by Crippen LogP contribution is -2.11. The van der Waals surface area contributed by atoms with E-state index in [0.29, 0.717) is 18.1 Å². The quantitative estimate of drug-likeness (QED) is 0.868. The van der Waals surface area contributed by atoms with Crippen molar-refractivity contribution in [3.8, 4) is 5.75 Å². The van der Waals surface area contributed by atoms with Crippen molar-refractivity contribution in [3.63, 3.8) is 0 Å². The summed E-state index contributed by atoms with van der Waals surface area (Å²) in [6.45, 7) is 2.12. The van der Waals surface area contributed by atoms with Crippen LogP contribution in [-0.2, 0) is 6.54 Å². The third kappa shape index (κ3) is 3.03. The number of carbonyl (C=O) groups is 1. The van der Waals surface area contributed by atoms with Gasteiger partial charge in [0.05, 0.1) is 12.8 Å². The van der Waals surface area contributed by atoms with Gasteiger partial charge in [-0.05, 0) is 24.6 Å². The standard InChI is InChI=1S/C14H15N3O3/c1-9-12(14(18)19)13(17-8-16-9)15-7-10-3-5-11(20-2)6-4-10/h3-6,8H,7H2,1-2H3,(H,18,19)(H,15,16,17). The molecule has 0 aliphatic rings. The second-order valence-corrected chi connectivity index (χ2v) is 4.19. The molecular weight excluding hydrogens is 258 g/mol. The van der Waals surface area contributed by atoms with Crippen molar-refractivity contribution < 1.29 is 14.6 Å². The number of rotatable bonds is 5. The number of hydrogen-bond donors (Lipinski definition) is 2. The summed E-state index contributed by atoms with van der Waals surface area (Å²) in [5, 5.41) is 12.2. The number of aromatic carboxylic acids is 1. The second-order valence-electron chi connectivity index (χ2n) is 4.19. The molecule has 0 saturated heterocycles. The molecule has 0 atom stereocenters. The van der Waals surface area contributed by atoms with E-state index in [2.05, 4.69) is 15.3 Å². The van der Waals surface area contributed by atoms with Crippen LogP contribution in [0.3, 0.4) is 0 Å². The van der Waals surface area contributed by atoms with Gasteiger partial charge in [0.25, 0.3) is 0 Å². The molecule has 2 N–H and O–H groups in total. The molecule has 104 valence electrons. The zero-order valence-electron chi connectivity index (χ0n) is 11.3. The third-order valence-corrected chi connectivity index (χ3v) is 2.87. The fourth-order valence-electron chi connectivity index (χ4n) is 1.79. The van der Waals surface area contributed by atoms with E-state index in [1.165, 1.54) is 6.33 Å². The Kier molecular flexibility index (Phi) is 4.14. The van der Waals surface area contributed by atoms with Crippen molar-refractivity contribution in [2.45, 2.75) is 13.5 Å². The minimum absolute atomic E-state index is 0.0982. The highest BCUT2D eigenvalue weighted by Gasteiger charge is 2.15. The molecule has 0 amide bonds. The van der Waals surface area contributed by atoms with Gasteiger partial charge < -0.3 is 15.2 Å². The monoisotopic (exact) mass is 273 g/mol. The van der Waals surface area contributed by atoms with Gasteiger partial charge in [-0.25, -0.2) is 14.8 Å². The fraction of sp³-hybridized carbons (Fsp3) is 0.214. The minimum Gasteiger partial charge on any atom is -0.497 e. The number of methoxy groups -OCH3 is 1. The Morgan fingerprint density at radius 1 is 1.30 bits per heavy atom. The van der Waals surface area contributed by atoms with Gasteiger partial charge in [0.1, 0.15) is 23.5 Å². The summed E-state index contributed by atoms with van der Waals surface area (Å²) in [5.74, 6) is 0.0546. The molecule has 1 aromatic heterocycles. The maximum absolute atomic E-state index is 11.2. The summed E-state index contributed by atoms with van der Waals surface area (Å²) in [5.41, 5.74) is 1.53. The smallest absolute Gasteiger partial charge is 0.341 e. The number of anilines is 1. The van der Waals surface area contributed by atoms with Crippen molar-refractivity contribution in [1.82, 2.24) is 9.97 Å². The molecule has 1 heterocycles. The molecule has 0 radical (unpaired) electrons. The molecular formula is C14H15N3O3. The summed E-state index contributed by atoms with van der Waals surface area (Å²) in [7, 11) is 1.61. The van der Waals surface area contributed by atoms with Crippen LogP contribution in [0.5, 0.6) is 5.75 Å².